The van der Waals surface area contributed by atoms with E-state index in [-0.39, 0.29) is 102 Å². The third-order valence-corrected chi connectivity index (χ3v) is 21.4. The largest absolute Gasteiger partial charge is 0.508 e. The SMILES string of the molecule is CC(C)C[C@@H](NC(=O)CN(C)C(=O)[C@@H](C)NC(=O)[C@@H](CCCCN)NC(=O)[C@@H](CCCCN)NC(=O)[C@H](N)CC(N)=O)C(=O)N[C@H](Cc1ccccc1)C(=O)N[C@@H](C(=O)N[C@@H](C(=O)N[C@H](CCC(N)=O)C(=O)N[C@H](Cc1ccccc1)C(=O)N1CCC[C@@H]1C(=O)N[C@H](CCCCN)C(=O)N[C@H](CCCCN)C(=O)N[C@H](Cc1ccc(O)cc1)C(=O)O)C(C)C)C(C)C. The van der Waals surface area contributed by atoms with Crippen molar-refractivity contribution in [3.05, 3.63) is 102 Å². The standard InChI is InChI=1S/C87H137N21O19/c1-50(2)44-64(96-71(112)49-107(8)85(124)53(7)95-75(114)59(28-15-19-39-88)98-76(115)60(29-16-20-40-89)97-74(113)58(92)48-70(94)111)80(119)102-65(45-54-24-11-9-12-25-54)81(120)105-73(52(5)6)84(123)106-72(51(3)4)83(122)101-63(37-38-69(93)110)79(118)103-66(46-55-26-13-10-14-27-55)86(125)108-43-23-32-68(108)82(121)100-62(31-18-22-42-91)77(116)99-61(30-17-21-41-90)78(117)104-67(87(126)127)47-56-33-35-57(109)36-34-56/h9-14,24-27,33-36,50-53,58-68,72-73,109H,15-23,28-32,37-49,88-92H2,1-8H3,(H2,93,110)(H2,94,111)(H,95,114)(H,96,112)(H,97,113)(H,98,115)(H,99,116)(H,100,121)(H,101,122)(H,102,119)(H,103,118)(H,104,117)(H,105,120)(H,106,123)(H,126,127)/t53-,58-,59-,60-,61-,62-,63-,64-,65-,66-,67-,68-,72-,73-/m1/s1. The minimum atomic E-state index is -1.62. The molecule has 1 aliphatic heterocycles. The van der Waals surface area contributed by atoms with Crippen LogP contribution in [0.2, 0.25) is 0 Å². The van der Waals surface area contributed by atoms with Crippen LogP contribution in [0.5, 0.6) is 5.75 Å². The van der Waals surface area contributed by atoms with Crippen molar-refractivity contribution in [2.75, 3.05) is 46.3 Å². The molecule has 0 bridgehead atoms. The summed E-state index contributed by atoms with van der Waals surface area (Å²) in [6.07, 6.45) is 2.02. The van der Waals surface area contributed by atoms with Crippen molar-refractivity contribution >= 4 is 100 Å². The predicted octanol–water partition coefficient (Wildman–Crippen LogP) is -2.87. The highest BCUT2D eigenvalue weighted by atomic mass is 16.4. The van der Waals surface area contributed by atoms with Crippen LogP contribution in [0.3, 0.4) is 0 Å². The van der Waals surface area contributed by atoms with Crippen LogP contribution in [-0.2, 0) is 101 Å². The van der Waals surface area contributed by atoms with E-state index >= 15 is 4.79 Å². The van der Waals surface area contributed by atoms with Gasteiger partial charge in [0.15, 0.2) is 0 Å². The van der Waals surface area contributed by atoms with E-state index in [0.29, 0.717) is 74.5 Å². The van der Waals surface area contributed by atoms with Crippen LogP contribution >= 0.6 is 0 Å². The number of carbonyl (C=O) groups is 17. The molecule has 3 aromatic rings. The molecular formula is C87H137N21O19. The Bertz CT molecular complexity index is 4110. The van der Waals surface area contributed by atoms with Crippen molar-refractivity contribution < 1.29 is 91.7 Å². The van der Waals surface area contributed by atoms with Crippen molar-refractivity contribution in [3.8, 4) is 5.75 Å². The number of carboxylic acid groups (broad SMARTS) is 1. The molecule has 40 nitrogen and oxygen atoms in total. The maximum Gasteiger partial charge on any atom is 0.326 e. The summed E-state index contributed by atoms with van der Waals surface area (Å²) in [6, 6.07) is 3.69. The zero-order valence-corrected chi connectivity index (χ0v) is 74.3. The zero-order chi connectivity index (χ0) is 94.6. The summed E-state index contributed by atoms with van der Waals surface area (Å²) in [5.74, 6) is -16.4. The molecule has 4 rings (SSSR count). The molecule has 1 fully saturated rings. The first-order valence-electron chi connectivity index (χ1n) is 43.6. The highest BCUT2D eigenvalue weighted by Crippen LogP contribution is 2.23. The number of primary amides is 2. The normalized spacial score (nSPS) is 15.5. The Labute approximate surface area is 742 Å². The third-order valence-electron chi connectivity index (χ3n) is 21.4. The number of nitrogens with zero attached hydrogens (tertiary/aromatic N) is 2. The molecule has 127 heavy (non-hydrogen) atoms. The summed E-state index contributed by atoms with van der Waals surface area (Å²) < 4.78 is 0. The van der Waals surface area contributed by atoms with Gasteiger partial charge in [0.25, 0.3) is 0 Å². The summed E-state index contributed by atoms with van der Waals surface area (Å²) in [5, 5.41) is 52.0. The number of carbonyl (C=O) groups excluding carboxylic acids is 16. The van der Waals surface area contributed by atoms with Crippen molar-refractivity contribution in [1.29, 1.82) is 0 Å². The Morgan fingerprint density at radius 2 is 0.803 bits per heavy atom. The van der Waals surface area contributed by atoms with Gasteiger partial charge in [0.05, 0.1) is 19.0 Å². The summed E-state index contributed by atoms with van der Waals surface area (Å²) in [6.45, 7) is 11.7. The Balaban J connectivity index is 1.56. The van der Waals surface area contributed by atoms with Gasteiger partial charge < -0.3 is 124 Å². The molecule has 28 N–H and O–H groups in total. The Hall–Kier alpha value is -11.8. The lowest BCUT2D eigenvalue weighted by Gasteiger charge is -2.32. The van der Waals surface area contributed by atoms with Crippen LogP contribution < -0.4 is 104 Å². The Morgan fingerprint density at radius 3 is 1.25 bits per heavy atom. The lowest BCUT2D eigenvalue weighted by atomic mass is 9.97. The molecule has 0 aromatic heterocycles. The molecule has 0 saturated carbocycles. The van der Waals surface area contributed by atoms with E-state index < -0.39 is 223 Å². The molecular weight excluding hydrogens is 1640 g/mol. The topological polar surface area (TPSA) is 664 Å². The maximum absolute atomic E-state index is 15.2. The second-order valence-electron chi connectivity index (χ2n) is 33.3. The predicted molar refractivity (Wildman–Crippen MR) is 472 cm³/mol. The number of amides is 16. The van der Waals surface area contributed by atoms with Crippen LogP contribution in [0.15, 0.2) is 84.9 Å². The molecule has 16 amide bonds. The van der Waals surface area contributed by atoms with Crippen LogP contribution in [-0.4, -0.2) is 251 Å². The number of rotatable bonds is 59. The van der Waals surface area contributed by atoms with Gasteiger partial charge in [0.2, 0.25) is 94.5 Å². The lowest BCUT2D eigenvalue weighted by Crippen LogP contribution is -2.62. The molecule has 1 aliphatic rings. The van der Waals surface area contributed by atoms with Gasteiger partial charge in [-0.1, -0.05) is 114 Å². The van der Waals surface area contributed by atoms with Gasteiger partial charge in [-0.15, -0.1) is 0 Å². The number of hydrogen-bond donors (Lipinski definition) is 21. The van der Waals surface area contributed by atoms with Gasteiger partial charge in [0, 0.05) is 39.3 Å². The smallest absolute Gasteiger partial charge is 0.326 e. The van der Waals surface area contributed by atoms with Gasteiger partial charge in [-0.25, -0.2) is 4.79 Å². The van der Waals surface area contributed by atoms with Crippen molar-refractivity contribution in [3.63, 3.8) is 0 Å². The number of nitrogens with two attached hydrogens (primary N) is 7. The first-order valence-corrected chi connectivity index (χ1v) is 43.6. The molecule has 0 radical (unpaired) electrons. The number of aliphatic carboxylic acids is 1. The number of nitrogens with one attached hydrogen (secondary N) is 12. The minimum Gasteiger partial charge on any atom is -0.508 e. The Kier molecular flexibility index (Phi) is 47.7. The number of phenols is 1. The van der Waals surface area contributed by atoms with E-state index in [1.165, 1.54) is 43.1 Å². The van der Waals surface area contributed by atoms with Crippen LogP contribution in [0.25, 0.3) is 0 Å². The molecule has 0 unspecified atom stereocenters. The highest BCUT2D eigenvalue weighted by molar-refractivity contribution is 6.01. The molecule has 1 heterocycles. The second kappa shape index (κ2) is 56.4. The average molecular weight is 1780 g/mol. The third kappa shape index (κ3) is 38.5. The zero-order valence-electron chi connectivity index (χ0n) is 74.3. The number of phenolic OH excluding ortho intramolecular Hbond substituents is 1. The van der Waals surface area contributed by atoms with Crippen LogP contribution in [0, 0.1) is 17.8 Å². The fourth-order valence-electron chi connectivity index (χ4n) is 14.3. The van der Waals surface area contributed by atoms with E-state index in [2.05, 4.69) is 63.8 Å². The molecule has 40 heteroatoms. The number of unbranched alkanes of at least 4 members (excludes halogenated alkanes) is 4. The Morgan fingerprint density at radius 1 is 0.425 bits per heavy atom. The quantitative estimate of drug-likeness (QED) is 0.0253. The first-order chi connectivity index (χ1) is 60.2. The number of likely N-dealkylation sites (N-methyl/N-ethyl adjacent to an activating group) is 1. The summed E-state index contributed by atoms with van der Waals surface area (Å²) in [4.78, 5) is 239. The lowest BCUT2D eigenvalue weighted by molar-refractivity contribution is -0.143. The minimum absolute atomic E-state index is 0.00734. The van der Waals surface area contributed by atoms with E-state index in [0.717, 1.165) is 4.90 Å². The summed E-state index contributed by atoms with van der Waals surface area (Å²) in [5.41, 5.74) is 41.4. The van der Waals surface area contributed by atoms with E-state index in [9.17, 15) is 86.9 Å². The summed E-state index contributed by atoms with van der Waals surface area (Å²) >= 11 is 0. The van der Waals surface area contributed by atoms with E-state index in [1.807, 2.05) is 0 Å². The van der Waals surface area contributed by atoms with Crippen LogP contribution in [0.1, 0.15) is 181 Å². The van der Waals surface area contributed by atoms with Crippen molar-refractivity contribution in [2.45, 2.75) is 268 Å². The van der Waals surface area contributed by atoms with Gasteiger partial charge in [-0.05, 0) is 182 Å². The number of hydrogen-bond acceptors (Lipinski definition) is 23. The number of likely N-dealkylation sites (tertiary alicyclic amines) is 1. The van der Waals surface area contributed by atoms with E-state index in [1.54, 1.807) is 102 Å². The molecule has 3 aromatic carbocycles. The highest BCUT2D eigenvalue weighted by Gasteiger charge is 2.42. The molecule has 704 valence electrons. The monoisotopic (exact) mass is 1780 g/mol. The fourth-order valence-corrected chi connectivity index (χ4v) is 14.3. The first kappa shape index (κ1) is 108. The fraction of sp³-hybridized carbons (Fsp3) is 0.598. The average Bonchev–Trinajstić information content (AvgIpc) is 1.71. The maximum atomic E-state index is 15.2. The van der Waals surface area contributed by atoms with Gasteiger partial charge >= 0.3 is 5.97 Å². The number of benzene rings is 3. The molecule has 0 spiro atoms. The van der Waals surface area contributed by atoms with Gasteiger partial charge in [-0.2, -0.15) is 0 Å². The molecule has 1 saturated heterocycles. The molecule has 0 aliphatic carbocycles. The van der Waals surface area contributed by atoms with Gasteiger partial charge in [0.1, 0.15) is 84.3 Å². The number of carboxylic acids is 1. The second-order valence-corrected chi connectivity index (χ2v) is 33.3. The summed E-state index contributed by atoms with van der Waals surface area (Å²) in [7, 11) is 1.28. The molecule has 14 atom stereocenters. The number of aromatic hydroxyl groups is 1. The van der Waals surface area contributed by atoms with Crippen LogP contribution in [0.4, 0.5) is 0 Å². The van der Waals surface area contributed by atoms with E-state index in [4.69, 9.17) is 40.1 Å². The van der Waals surface area contributed by atoms with Gasteiger partial charge in [-0.3, -0.25) is 76.7 Å². The van der Waals surface area contributed by atoms with Crippen molar-refractivity contribution in [1.82, 2.24) is 73.6 Å². The van der Waals surface area contributed by atoms with Crippen molar-refractivity contribution in [2.24, 2.45) is 57.9 Å².